The second-order valence-corrected chi connectivity index (χ2v) is 3.63. The zero-order chi connectivity index (χ0) is 12.8. The van der Waals surface area contributed by atoms with Crippen molar-refractivity contribution in [2.45, 2.75) is 6.61 Å². The molecule has 0 atom stereocenters. The third-order valence-corrected chi connectivity index (χ3v) is 2.29. The van der Waals surface area contributed by atoms with Gasteiger partial charge in [-0.25, -0.2) is 9.97 Å². The third-order valence-electron chi connectivity index (χ3n) is 2.29. The highest BCUT2D eigenvalue weighted by Gasteiger charge is 1.99. The van der Waals surface area contributed by atoms with Gasteiger partial charge in [-0.15, -0.1) is 0 Å². The van der Waals surface area contributed by atoms with Crippen LogP contribution in [0.2, 0.25) is 0 Å². The van der Waals surface area contributed by atoms with E-state index in [0.29, 0.717) is 18.2 Å². The van der Waals surface area contributed by atoms with Gasteiger partial charge in [-0.3, -0.25) is 0 Å². The van der Waals surface area contributed by atoms with Crippen molar-refractivity contribution in [3.05, 3.63) is 47.8 Å². The Labute approximate surface area is 105 Å². The highest BCUT2D eigenvalue weighted by molar-refractivity contribution is 5.53. The van der Waals surface area contributed by atoms with Gasteiger partial charge in [-0.05, 0) is 23.8 Å². The molecule has 0 saturated carbocycles. The first-order chi connectivity index (χ1) is 8.81. The molecule has 0 spiro atoms. The smallest absolute Gasteiger partial charge is 0.228 e. The molecule has 0 amide bonds. The van der Waals surface area contributed by atoms with E-state index in [-0.39, 0.29) is 0 Å². The molecule has 1 aromatic carbocycles. The van der Waals surface area contributed by atoms with E-state index in [0.717, 1.165) is 11.3 Å². The van der Waals surface area contributed by atoms with Crippen molar-refractivity contribution in [2.75, 3.05) is 12.4 Å². The van der Waals surface area contributed by atoms with Crippen LogP contribution in [0, 0.1) is 11.3 Å². The number of nitrogens with one attached hydrogen (secondary N) is 1. The number of ether oxygens (including phenoxy) is 1. The standard InChI is InChI=1S/C13H12N4O/c1-18-9-10-2-4-11(5-3-10)16-13-15-7-6-12(8-14)17-13/h2-7H,9H2,1H3,(H,15,16,17). The van der Waals surface area contributed by atoms with Crippen LogP contribution < -0.4 is 5.32 Å². The lowest BCUT2D eigenvalue weighted by molar-refractivity contribution is 0.185. The van der Waals surface area contributed by atoms with E-state index in [1.165, 1.54) is 0 Å². The molecule has 0 aliphatic heterocycles. The van der Waals surface area contributed by atoms with Crippen molar-refractivity contribution < 1.29 is 4.74 Å². The molecule has 1 N–H and O–H groups in total. The summed E-state index contributed by atoms with van der Waals surface area (Å²) in [6.07, 6.45) is 1.55. The van der Waals surface area contributed by atoms with Crippen LogP contribution >= 0.6 is 0 Å². The van der Waals surface area contributed by atoms with Gasteiger partial charge in [0.05, 0.1) is 6.61 Å². The summed E-state index contributed by atoms with van der Waals surface area (Å²) in [6.45, 7) is 0.584. The van der Waals surface area contributed by atoms with Gasteiger partial charge < -0.3 is 10.1 Å². The maximum atomic E-state index is 8.74. The minimum atomic E-state index is 0.337. The van der Waals surface area contributed by atoms with E-state index in [9.17, 15) is 0 Å². The predicted molar refractivity (Wildman–Crippen MR) is 67.2 cm³/mol. The minimum Gasteiger partial charge on any atom is -0.380 e. The molecule has 90 valence electrons. The van der Waals surface area contributed by atoms with Gasteiger partial charge in [0.15, 0.2) is 0 Å². The number of methoxy groups -OCH3 is 1. The minimum absolute atomic E-state index is 0.337. The summed E-state index contributed by atoms with van der Waals surface area (Å²) in [5.74, 6) is 0.411. The molecule has 0 radical (unpaired) electrons. The van der Waals surface area contributed by atoms with Crippen molar-refractivity contribution in [1.29, 1.82) is 5.26 Å². The second-order valence-electron chi connectivity index (χ2n) is 3.63. The van der Waals surface area contributed by atoms with Crippen LogP contribution in [0.4, 0.5) is 11.6 Å². The highest BCUT2D eigenvalue weighted by atomic mass is 16.5. The van der Waals surface area contributed by atoms with Crippen molar-refractivity contribution in [3.63, 3.8) is 0 Å². The monoisotopic (exact) mass is 240 g/mol. The maximum Gasteiger partial charge on any atom is 0.228 e. The average molecular weight is 240 g/mol. The molecular formula is C13H12N4O. The summed E-state index contributed by atoms with van der Waals surface area (Å²) in [7, 11) is 1.66. The lowest BCUT2D eigenvalue weighted by Crippen LogP contribution is -1.98. The molecule has 0 bridgehead atoms. The van der Waals surface area contributed by atoms with Crippen LogP contribution in [-0.2, 0) is 11.3 Å². The van der Waals surface area contributed by atoms with Gasteiger partial charge in [0.25, 0.3) is 0 Å². The fourth-order valence-corrected chi connectivity index (χ4v) is 1.46. The Bertz CT molecular complexity index is 560. The van der Waals surface area contributed by atoms with E-state index in [1.807, 2.05) is 30.3 Å². The SMILES string of the molecule is COCc1ccc(Nc2nccc(C#N)n2)cc1. The molecule has 0 aliphatic carbocycles. The topological polar surface area (TPSA) is 70.8 Å². The molecule has 0 saturated heterocycles. The van der Waals surface area contributed by atoms with Crippen LogP contribution in [0.5, 0.6) is 0 Å². The zero-order valence-electron chi connectivity index (χ0n) is 9.92. The van der Waals surface area contributed by atoms with Crippen molar-refractivity contribution in [3.8, 4) is 6.07 Å². The van der Waals surface area contributed by atoms with Gasteiger partial charge in [0.1, 0.15) is 11.8 Å². The van der Waals surface area contributed by atoms with Crippen LogP contribution in [0.3, 0.4) is 0 Å². The summed E-state index contributed by atoms with van der Waals surface area (Å²) in [5, 5.41) is 11.8. The van der Waals surface area contributed by atoms with Crippen molar-refractivity contribution >= 4 is 11.6 Å². The van der Waals surface area contributed by atoms with Gasteiger partial charge in [0.2, 0.25) is 5.95 Å². The molecule has 0 aliphatic rings. The Kier molecular flexibility index (Phi) is 3.84. The van der Waals surface area contributed by atoms with Gasteiger partial charge >= 0.3 is 0 Å². The number of rotatable bonds is 4. The number of hydrogen-bond donors (Lipinski definition) is 1. The quantitative estimate of drug-likeness (QED) is 0.887. The normalized spacial score (nSPS) is 9.78. The number of benzene rings is 1. The molecule has 1 aromatic heterocycles. The predicted octanol–water partition coefficient (Wildman–Crippen LogP) is 2.24. The summed E-state index contributed by atoms with van der Waals surface area (Å²) in [6, 6.07) is 11.3. The first-order valence-corrected chi connectivity index (χ1v) is 5.40. The first-order valence-electron chi connectivity index (χ1n) is 5.40. The Hall–Kier alpha value is -2.45. The number of hydrogen-bond acceptors (Lipinski definition) is 5. The molecule has 5 heteroatoms. The molecule has 0 fully saturated rings. The molecule has 2 aromatic rings. The summed E-state index contributed by atoms with van der Waals surface area (Å²) >= 11 is 0. The van der Waals surface area contributed by atoms with Crippen molar-refractivity contribution in [1.82, 2.24) is 9.97 Å². The first kappa shape index (κ1) is 12.0. The van der Waals surface area contributed by atoms with Crippen molar-refractivity contribution in [2.24, 2.45) is 0 Å². The highest BCUT2D eigenvalue weighted by Crippen LogP contribution is 2.14. The Morgan fingerprint density at radius 2 is 2.06 bits per heavy atom. The molecule has 5 nitrogen and oxygen atoms in total. The Balaban J connectivity index is 2.11. The largest absolute Gasteiger partial charge is 0.380 e. The Morgan fingerprint density at radius 1 is 1.28 bits per heavy atom. The number of nitriles is 1. The van der Waals surface area contributed by atoms with Crippen LogP contribution in [0.25, 0.3) is 0 Å². The van der Waals surface area contributed by atoms with E-state index < -0.39 is 0 Å². The molecule has 18 heavy (non-hydrogen) atoms. The van der Waals surface area contributed by atoms with Crippen LogP contribution in [-0.4, -0.2) is 17.1 Å². The number of anilines is 2. The fourth-order valence-electron chi connectivity index (χ4n) is 1.46. The third kappa shape index (κ3) is 3.03. The fraction of sp³-hybridized carbons (Fsp3) is 0.154. The number of nitrogens with zero attached hydrogens (tertiary/aromatic N) is 3. The van der Waals surface area contributed by atoms with E-state index in [2.05, 4.69) is 15.3 Å². The molecule has 0 unspecified atom stereocenters. The summed E-state index contributed by atoms with van der Waals surface area (Å²) in [4.78, 5) is 8.08. The van der Waals surface area contributed by atoms with Crippen LogP contribution in [0.1, 0.15) is 11.3 Å². The number of aromatic nitrogens is 2. The average Bonchev–Trinajstić information content (AvgIpc) is 2.42. The van der Waals surface area contributed by atoms with Crippen LogP contribution in [0.15, 0.2) is 36.5 Å². The van der Waals surface area contributed by atoms with Gasteiger partial charge in [0, 0.05) is 19.0 Å². The van der Waals surface area contributed by atoms with E-state index in [1.54, 1.807) is 19.4 Å². The second kappa shape index (κ2) is 5.75. The van der Waals surface area contributed by atoms with E-state index >= 15 is 0 Å². The van der Waals surface area contributed by atoms with E-state index in [4.69, 9.17) is 10.00 Å². The maximum absolute atomic E-state index is 8.74. The lowest BCUT2D eigenvalue weighted by Gasteiger charge is -2.05. The molecule has 2 rings (SSSR count). The molecular weight excluding hydrogens is 228 g/mol. The summed E-state index contributed by atoms with van der Waals surface area (Å²) in [5.41, 5.74) is 2.29. The van der Waals surface area contributed by atoms with Gasteiger partial charge in [-0.1, -0.05) is 12.1 Å². The summed E-state index contributed by atoms with van der Waals surface area (Å²) < 4.78 is 5.04. The zero-order valence-corrected chi connectivity index (χ0v) is 9.92. The van der Waals surface area contributed by atoms with Gasteiger partial charge in [-0.2, -0.15) is 5.26 Å². The molecule has 1 heterocycles. The Morgan fingerprint density at radius 3 is 2.72 bits per heavy atom. The lowest BCUT2D eigenvalue weighted by atomic mass is 10.2.